The molecule has 2 heterocycles. The van der Waals surface area contributed by atoms with Crippen molar-refractivity contribution in [2.45, 2.75) is 38.6 Å². The zero-order valence-electron chi connectivity index (χ0n) is 19.0. The Morgan fingerprint density at radius 2 is 1.94 bits per heavy atom. The molecule has 4 rings (SSSR count). The molecular formula is C26H29N3O3S. The number of anilines is 1. The second kappa shape index (κ2) is 10.6. The molecule has 2 amide bonds. The summed E-state index contributed by atoms with van der Waals surface area (Å²) in [6.07, 6.45) is 4.59. The van der Waals surface area contributed by atoms with Crippen LogP contribution in [-0.4, -0.2) is 35.4 Å². The molecule has 0 radical (unpaired) electrons. The summed E-state index contributed by atoms with van der Waals surface area (Å²) >= 11 is 1.58. The first-order valence-corrected chi connectivity index (χ1v) is 12.2. The van der Waals surface area contributed by atoms with Crippen LogP contribution >= 0.6 is 11.3 Å². The molecule has 0 spiro atoms. The highest BCUT2D eigenvalue weighted by atomic mass is 32.1. The van der Waals surface area contributed by atoms with Crippen LogP contribution in [0.5, 0.6) is 5.75 Å². The predicted molar refractivity (Wildman–Crippen MR) is 131 cm³/mol. The third-order valence-corrected chi connectivity index (χ3v) is 6.91. The number of amides is 2. The van der Waals surface area contributed by atoms with Gasteiger partial charge in [0, 0.05) is 35.8 Å². The molecule has 1 N–H and O–H groups in total. The van der Waals surface area contributed by atoms with E-state index in [4.69, 9.17) is 4.74 Å². The summed E-state index contributed by atoms with van der Waals surface area (Å²) in [7, 11) is 1.63. The lowest BCUT2D eigenvalue weighted by atomic mass is 9.83. The zero-order valence-corrected chi connectivity index (χ0v) is 19.8. The lowest BCUT2D eigenvalue weighted by Crippen LogP contribution is -2.47. The van der Waals surface area contributed by atoms with Gasteiger partial charge in [-0.25, -0.2) is 4.98 Å². The van der Waals surface area contributed by atoms with E-state index in [2.05, 4.69) is 17.2 Å². The maximum Gasteiger partial charge on any atom is 0.229 e. The number of piperidine rings is 1. The van der Waals surface area contributed by atoms with Crippen LogP contribution in [0.25, 0.3) is 10.6 Å². The van der Waals surface area contributed by atoms with Crippen LogP contribution < -0.4 is 10.1 Å². The van der Waals surface area contributed by atoms with Gasteiger partial charge in [0.2, 0.25) is 11.8 Å². The number of nitrogens with zero attached hydrogens (tertiary/aromatic N) is 2. The second-order valence-corrected chi connectivity index (χ2v) is 9.10. The van der Waals surface area contributed by atoms with Gasteiger partial charge in [-0.05, 0) is 54.8 Å². The fraction of sp³-hybridized carbons (Fsp3) is 0.346. The van der Waals surface area contributed by atoms with Crippen LogP contribution in [0.2, 0.25) is 0 Å². The lowest BCUT2D eigenvalue weighted by Gasteiger charge is -2.41. The molecule has 172 valence electrons. The van der Waals surface area contributed by atoms with Gasteiger partial charge >= 0.3 is 0 Å². The molecule has 2 aromatic carbocycles. The van der Waals surface area contributed by atoms with Crippen molar-refractivity contribution in [3.8, 4) is 16.3 Å². The van der Waals surface area contributed by atoms with Gasteiger partial charge in [-0.3, -0.25) is 9.59 Å². The van der Waals surface area contributed by atoms with Crippen molar-refractivity contribution in [1.29, 1.82) is 0 Å². The van der Waals surface area contributed by atoms with Crippen molar-refractivity contribution in [2.75, 3.05) is 19.0 Å². The van der Waals surface area contributed by atoms with Gasteiger partial charge in [-0.2, -0.15) is 0 Å². The predicted octanol–water partition coefficient (Wildman–Crippen LogP) is 5.54. The van der Waals surface area contributed by atoms with Crippen LogP contribution in [0.3, 0.4) is 0 Å². The molecule has 1 aliphatic rings. The fourth-order valence-electron chi connectivity index (χ4n) is 4.33. The van der Waals surface area contributed by atoms with E-state index in [1.165, 1.54) is 0 Å². The van der Waals surface area contributed by atoms with E-state index in [0.29, 0.717) is 19.4 Å². The van der Waals surface area contributed by atoms with Crippen LogP contribution in [0.15, 0.2) is 60.1 Å². The molecule has 2 atom stereocenters. The Labute approximate surface area is 198 Å². The van der Waals surface area contributed by atoms with Crippen molar-refractivity contribution in [3.63, 3.8) is 0 Å². The van der Waals surface area contributed by atoms with Crippen LogP contribution in [0, 0.1) is 5.92 Å². The molecule has 0 bridgehead atoms. The number of likely N-dealkylation sites (tertiary alicyclic amines) is 1. The minimum absolute atomic E-state index is 0.0631. The molecule has 33 heavy (non-hydrogen) atoms. The topological polar surface area (TPSA) is 71.5 Å². The van der Waals surface area contributed by atoms with Gasteiger partial charge in [0.25, 0.3) is 0 Å². The van der Waals surface area contributed by atoms with Crippen molar-refractivity contribution < 1.29 is 14.3 Å². The van der Waals surface area contributed by atoms with Crippen LogP contribution in [0.1, 0.15) is 44.2 Å². The highest BCUT2D eigenvalue weighted by molar-refractivity contribution is 7.13. The highest BCUT2D eigenvalue weighted by Crippen LogP contribution is 2.38. The number of hydrogen-bond donors (Lipinski definition) is 1. The summed E-state index contributed by atoms with van der Waals surface area (Å²) in [4.78, 5) is 32.5. The van der Waals surface area contributed by atoms with Crippen molar-refractivity contribution in [3.05, 3.63) is 65.7 Å². The summed E-state index contributed by atoms with van der Waals surface area (Å²) in [5.41, 5.74) is 2.72. The first-order chi connectivity index (χ1) is 16.1. The van der Waals surface area contributed by atoms with Gasteiger partial charge in [0.15, 0.2) is 0 Å². The van der Waals surface area contributed by atoms with Gasteiger partial charge in [-0.15, -0.1) is 11.3 Å². The quantitative estimate of drug-likeness (QED) is 0.476. The third kappa shape index (κ3) is 5.25. The molecule has 1 aromatic heterocycles. The Morgan fingerprint density at radius 1 is 1.18 bits per heavy atom. The maximum absolute atomic E-state index is 13.4. The molecule has 3 aromatic rings. The number of carbonyl (C=O) groups is 2. The smallest absolute Gasteiger partial charge is 0.229 e. The summed E-state index contributed by atoms with van der Waals surface area (Å²) in [5, 5.41) is 5.97. The van der Waals surface area contributed by atoms with E-state index >= 15 is 0 Å². The largest absolute Gasteiger partial charge is 0.497 e. The molecule has 1 saturated heterocycles. The molecular weight excluding hydrogens is 434 g/mol. The van der Waals surface area contributed by atoms with Gasteiger partial charge in [-0.1, -0.05) is 25.5 Å². The van der Waals surface area contributed by atoms with Gasteiger partial charge < -0.3 is 15.0 Å². The Balaban J connectivity index is 1.57. The molecule has 6 nitrogen and oxygen atoms in total. The minimum atomic E-state index is -0.327. The van der Waals surface area contributed by atoms with Crippen LogP contribution in [0.4, 0.5) is 5.69 Å². The van der Waals surface area contributed by atoms with Crippen molar-refractivity contribution in [2.24, 2.45) is 5.92 Å². The summed E-state index contributed by atoms with van der Waals surface area (Å²) in [5.74, 6) is 0.474. The number of unbranched alkanes of at least 4 members (excludes halogenated alkanes) is 1. The number of carbonyl (C=O) groups excluding carboxylic acids is 2. The average Bonchev–Trinajstić information content (AvgIpc) is 3.38. The van der Waals surface area contributed by atoms with E-state index in [9.17, 15) is 9.59 Å². The lowest BCUT2D eigenvalue weighted by molar-refractivity contribution is -0.142. The molecule has 1 fully saturated rings. The number of rotatable bonds is 8. The number of benzene rings is 2. The third-order valence-electron chi connectivity index (χ3n) is 6.08. The molecule has 1 aliphatic heterocycles. The first kappa shape index (κ1) is 23.0. The zero-order chi connectivity index (χ0) is 23.2. The molecule has 7 heteroatoms. The van der Waals surface area contributed by atoms with Crippen molar-refractivity contribution in [1.82, 2.24) is 9.88 Å². The summed E-state index contributed by atoms with van der Waals surface area (Å²) in [6, 6.07) is 15.1. The van der Waals surface area contributed by atoms with Gasteiger partial charge in [0.05, 0.1) is 19.1 Å². The van der Waals surface area contributed by atoms with Crippen molar-refractivity contribution >= 4 is 28.8 Å². The summed E-state index contributed by atoms with van der Waals surface area (Å²) < 4.78 is 5.30. The van der Waals surface area contributed by atoms with E-state index in [1.54, 1.807) is 24.6 Å². The first-order valence-electron chi connectivity index (χ1n) is 11.3. The normalized spacial score (nSPS) is 18.2. The fourth-order valence-corrected chi connectivity index (χ4v) is 4.97. The SMILES string of the molecule is CCCCN1C(=O)CC[C@@H](C(=O)Nc2ccc(-c3nccs3)cc2)[C@@H]1c1ccc(OC)cc1. The number of nitrogens with one attached hydrogen (secondary N) is 1. The Kier molecular flexibility index (Phi) is 7.40. The van der Waals surface area contributed by atoms with E-state index in [0.717, 1.165) is 40.4 Å². The van der Waals surface area contributed by atoms with E-state index < -0.39 is 0 Å². The number of methoxy groups -OCH3 is 1. The Bertz CT molecular complexity index is 1070. The van der Waals surface area contributed by atoms with Gasteiger partial charge in [0.1, 0.15) is 10.8 Å². The number of hydrogen-bond acceptors (Lipinski definition) is 5. The monoisotopic (exact) mass is 463 g/mol. The highest BCUT2D eigenvalue weighted by Gasteiger charge is 2.40. The number of thiazole rings is 1. The maximum atomic E-state index is 13.4. The Hall–Kier alpha value is -3.19. The Morgan fingerprint density at radius 3 is 2.58 bits per heavy atom. The standard InChI is InChI=1S/C26H29N3O3S/c1-3-4-16-29-23(30)14-13-22(24(29)18-7-11-21(32-2)12-8-18)25(31)28-20-9-5-19(6-10-20)26-27-15-17-33-26/h5-12,15,17,22,24H,3-4,13-14,16H2,1-2H3,(H,28,31)/t22-,24+/m1/s1. The second-order valence-electron chi connectivity index (χ2n) is 8.21. The van der Waals surface area contributed by atoms with E-state index in [-0.39, 0.29) is 23.8 Å². The number of aromatic nitrogens is 1. The van der Waals surface area contributed by atoms with Crippen LogP contribution in [-0.2, 0) is 9.59 Å². The minimum Gasteiger partial charge on any atom is -0.497 e. The molecule has 0 saturated carbocycles. The average molecular weight is 464 g/mol. The molecule has 0 aliphatic carbocycles. The molecule has 0 unspecified atom stereocenters. The number of ether oxygens (including phenoxy) is 1. The van der Waals surface area contributed by atoms with E-state index in [1.807, 2.05) is 58.8 Å². The summed E-state index contributed by atoms with van der Waals surface area (Å²) in [6.45, 7) is 2.76.